The third-order valence-electron chi connectivity index (χ3n) is 4.40. The second-order valence-corrected chi connectivity index (χ2v) is 5.95. The molecule has 1 saturated carbocycles. The van der Waals surface area contributed by atoms with Gasteiger partial charge in [0.2, 0.25) is 11.6 Å². The molecule has 0 radical (unpaired) electrons. The molecular formula is C16H18N4O3. The van der Waals surface area contributed by atoms with Crippen LogP contribution >= 0.6 is 0 Å². The minimum atomic E-state index is -0.173. The van der Waals surface area contributed by atoms with Gasteiger partial charge in [-0.2, -0.15) is 5.26 Å². The topological polar surface area (TPSA) is 96.2 Å². The van der Waals surface area contributed by atoms with E-state index in [1.54, 1.807) is 4.90 Å². The minimum absolute atomic E-state index is 0.0439. The van der Waals surface area contributed by atoms with Gasteiger partial charge in [0.1, 0.15) is 18.0 Å². The van der Waals surface area contributed by atoms with Crippen molar-refractivity contribution in [3.8, 4) is 11.9 Å². The Balaban J connectivity index is 1.57. The summed E-state index contributed by atoms with van der Waals surface area (Å²) < 4.78 is 5.74. The Morgan fingerprint density at radius 2 is 2.00 bits per heavy atom. The zero-order valence-electron chi connectivity index (χ0n) is 12.8. The molecule has 1 unspecified atom stereocenters. The first-order chi connectivity index (χ1) is 11.2. The van der Waals surface area contributed by atoms with Crippen molar-refractivity contribution in [2.75, 3.05) is 13.1 Å². The van der Waals surface area contributed by atoms with Crippen molar-refractivity contribution in [1.29, 1.82) is 5.26 Å². The fourth-order valence-corrected chi connectivity index (χ4v) is 3.12. The van der Waals surface area contributed by atoms with Gasteiger partial charge in [0.25, 0.3) is 5.88 Å². The maximum Gasteiger partial charge on any atom is 0.251 e. The number of nitriles is 1. The summed E-state index contributed by atoms with van der Waals surface area (Å²) in [4.78, 5) is 33.5. The molecule has 23 heavy (non-hydrogen) atoms. The molecule has 7 heteroatoms. The average Bonchev–Trinajstić information content (AvgIpc) is 3.04. The van der Waals surface area contributed by atoms with Crippen LogP contribution in [0.4, 0.5) is 0 Å². The first kappa shape index (κ1) is 15.4. The Kier molecular flexibility index (Phi) is 4.51. The molecule has 1 amide bonds. The fourth-order valence-electron chi connectivity index (χ4n) is 3.12. The number of rotatable bonds is 3. The Labute approximate surface area is 134 Å². The van der Waals surface area contributed by atoms with Gasteiger partial charge in [-0.3, -0.25) is 9.59 Å². The van der Waals surface area contributed by atoms with Gasteiger partial charge in [-0.15, -0.1) is 0 Å². The van der Waals surface area contributed by atoms with Crippen LogP contribution in [0.25, 0.3) is 0 Å². The molecule has 1 aromatic heterocycles. The minimum Gasteiger partial charge on any atom is -0.470 e. The van der Waals surface area contributed by atoms with Crippen molar-refractivity contribution >= 4 is 11.7 Å². The van der Waals surface area contributed by atoms with Crippen LogP contribution < -0.4 is 4.74 Å². The molecule has 0 bridgehead atoms. The van der Waals surface area contributed by atoms with Crippen LogP contribution in [0, 0.1) is 17.2 Å². The lowest BCUT2D eigenvalue weighted by Crippen LogP contribution is -2.37. The molecule has 3 rings (SSSR count). The van der Waals surface area contributed by atoms with E-state index in [2.05, 4.69) is 9.97 Å². The first-order valence-corrected chi connectivity index (χ1v) is 7.85. The van der Waals surface area contributed by atoms with Crippen molar-refractivity contribution in [2.45, 2.75) is 38.2 Å². The number of hydrogen-bond donors (Lipinski definition) is 0. The second-order valence-electron chi connectivity index (χ2n) is 5.95. The number of likely N-dealkylation sites (tertiary alicyclic amines) is 1. The van der Waals surface area contributed by atoms with E-state index < -0.39 is 0 Å². The summed E-state index contributed by atoms with van der Waals surface area (Å²) in [7, 11) is 0. The van der Waals surface area contributed by atoms with Crippen LogP contribution in [0.15, 0.2) is 12.4 Å². The van der Waals surface area contributed by atoms with Crippen LogP contribution in [0.2, 0.25) is 0 Å². The van der Waals surface area contributed by atoms with E-state index in [-0.39, 0.29) is 35.3 Å². The van der Waals surface area contributed by atoms with E-state index >= 15 is 0 Å². The number of Topliss-reactive ketones (excluding diaryl/α,β-unsaturated/α-hetero) is 1. The zero-order valence-corrected chi connectivity index (χ0v) is 12.8. The molecule has 1 aliphatic carbocycles. The molecule has 0 spiro atoms. The molecule has 7 nitrogen and oxygen atoms in total. The molecule has 0 aromatic carbocycles. The van der Waals surface area contributed by atoms with E-state index in [9.17, 15) is 9.59 Å². The normalized spacial score (nSPS) is 22.0. The van der Waals surface area contributed by atoms with Gasteiger partial charge in [-0.1, -0.05) is 0 Å². The van der Waals surface area contributed by atoms with Crippen LogP contribution in [0.1, 0.15) is 37.8 Å². The zero-order chi connectivity index (χ0) is 16.2. The van der Waals surface area contributed by atoms with Gasteiger partial charge >= 0.3 is 0 Å². The Hall–Kier alpha value is -2.49. The molecule has 1 aromatic rings. The smallest absolute Gasteiger partial charge is 0.251 e. The molecular weight excluding hydrogens is 296 g/mol. The third-order valence-corrected chi connectivity index (χ3v) is 4.40. The van der Waals surface area contributed by atoms with Crippen molar-refractivity contribution in [3.05, 3.63) is 18.1 Å². The number of carbonyl (C=O) groups is 2. The number of ketones is 1. The van der Waals surface area contributed by atoms with Crippen molar-refractivity contribution in [3.63, 3.8) is 0 Å². The molecule has 1 aliphatic heterocycles. The molecule has 1 saturated heterocycles. The maximum absolute atomic E-state index is 12.5. The van der Waals surface area contributed by atoms with Crippen molar-refractivity contribution in [1.82, 2.24) is 14.9 Å². The summed E-state index contributed by atoms with van der Waals surface area (Å²) in [5.74, 6) is 0.543. The highest BCUT2D eigenvalue weighted by Gasteiger charge is 2.34. The third kappa shape index (κ3) is 3.47. The van der Waals surface area contributed by atoms with Gasteiger partial charge in [-0.25, -0.2) is 9.97 Å². The number of amides is 1. The highest BCUT2D eigenvalue weighted by molar-refractivity contribution is 5.84. The summed E-state index contributed by atoms with van der Waals surface area (Å²) in [5, 5.41) is 9.00. The quantitative estimate of drug-likeness (QED) is 0.828. The maximum atomic E-state index is 12.5. The lowest BCUT2D eigenvalue weighted by atomic mass is 9.87. The summed E-state index contributed by atoms with van der Waals surface area (Å²) >= 11 is 0. The fraction of sp³-hybridized carbons (Fsp3) is 0.562. The monoisotopic (exact) mass is 314 g/mol. The van der Waals surface area contributed by atoms with Crippen molar-refractivity contribution in [2.24, 2.45) is 5.92 Å². The number of ether oxygens (including phenoxy) is 1. The molecule has 120 valence electrons. The highest BCUT2D eigenvalue weighted by atomic mass is 16.5. The molecule has 2 aliphatic rings. The standard InChI is InChI=1S/C16H18N4O3/c17-9-14-15(19-7-6-18-14)23-13-5-8-20(10-13)16(22)11-1-3-12(21)4-2-11/h6-7,11,13H,1-5,8,10H2. The van der Waals surface area contributed by atoms with E-state index in [0.717, 1.165) is 0 Å². The van der Waals surface area contributed by atoms with Gasteiger partial charge in [0, 0.05) is 44.1 Å². The van der Waals surface area contributed by atoms with Crippen LogP contribution in [-0.2, 0) is 9.59 Å². The Morgan fingerprint density at radius 3 is 2.74 bits per heavy atom. The number of aromatic nitrogens is 2. The first-order valence-electron chi connectivity index (χ1n) is 7.85. The van der Waals surface area contributed by atoms with Gasteiger partial charge < -0.3 is 9.64 Å². The summed E-state index contributed by atoms with van der Waals surface area (Å²) in [6, 6.07) is 1.95. The highest BCUT2D eigenvalue weighted by Crippen LogP contribution is 2.26. The van der Waals surface area contributed by atoms with Gasteiger partial charge in [0.05, 0.1) is 6.54 Å². The van der Waals surface area contributed by atoms with E-state index in [4.69, 9.17) is 10.00 Å². The average molecular weight is 314 g/mol. The SMILES string of the molecule is N#Cc1nccnc1OC1CCN(C(=O)C2CCC(=O)CC2)C1. The molecule has 0 N–H and O–H groups in total. The summed E-state index contributed by atoms with van der Waals surface area (Å²) in [6.45, 7) is 1.13. The number of hydrogen-bond acceptors (Lipinski definition) is 6. The van der Waals surface area contributed by atoms with Crippen molar-refractivity contribution < 1.29 is 14.3 Å². The Bertz CT molecular complexity index is 645. The number of nitrogens with zero attached hydrogens (tertiary/aromatic N) is 4. The van der Waals surface area contributed by atoms with Crippen LogP contribution in [-0.4, -0.2) is 45.8 Å². The van der Waals surface area contributed by atoms with Crippen LogP contribution in [0.3, 0.4) is 0 Å². The largest absolute Gasteiger partial charge is 0.470 e. The van der Waals surface area contributed by atoms with Gasteiger partial charge in [0.15, 0.2) is 0 Å². The van der Waals surface area contributed by atoms with E-state index in [1.165, 1.54) is 12.4 Å². The predicted molar refractivity (Wildman–Crippen MR) is 79.3 cm³/mol. The molecule has 1 atom stereocenters. The lowest BCUT2D eigenvalue weighted by Gasteiger charge is -2.25. The van der Waals surface area contributed by atoms with E-state index in [1.807, 2.05) is 6.07 Å². The van der Waals surface area contributed by atoms with Crippen LogP contribution in [0.5, 0.6) is 5.88 Å². The second kappa shape index (κ2) is 6.73. The summed E-state index contributed by atoms with van der Waals surface area (Å²) in [6.07, 6.45) is 5.79. The van der Waals surface area contributed by atoms with E-state index in [0.29, 0.717) is 45.2 Å². The Morgan fingerprint density at radius 1 is 1.26 bits per heavy atom. The molecule has 2 heterocycles. The lowest BCUT2D eigenvalue weighted by molar-refractivity contribution is -0.136. The number of carbonyl (C=O) groups excluding carboxylic acids is 2. The predicted octanol–water partition coefficient (Wildman–Crippen LogP) is 1.09. The van der Waals surface area contributed by atoms with Gasteiger partial charge in [-0.05, 0) is 12.8 Å². The molecule has 2 fully saturated rings. The summed E-state index contributed by atoms with van der Waals surface area (Å²) in [5.41, 5.74) is 0.156.